The van der Waals surface area contributed by atoms with Gasteiger partial charge in [-0.05, 0) is 17.9 Å². The van der Waals surface area contributed by atoms with Crippen molar-refractivity contribution in [2.24, 2.45) is 11.8 Å². The summed E-state index contributed by atoms with van der Waals surface area (Å²) in [5.41, 5.74) is 1.32. The molecule has 2 heteroatoms. The van der Waals surface area contributed by atoms with Gasteiger partial charge in [0.1, 0.15) is 5.60 Å². The van der Waals surface area contributed by atoms with Crippen LogP contribution in [0.5, 0.6) is 0 Å². The zero-order chi connectivity index (χ0) is 11.9. The third-order valence-electron chi connectivity index (χ3n) is 3.54. The first-order valence-corrected chi connectivity index (χ1v) is 5.83. The summed E-state index contributed by atoms with van der Waals surface area (Å²) in [7, 11) is 0. The monoisotopic (exact) mass is 218 g/mol. The van der Waals surface area contributed by atoms with Crippen LogP contribution in [-0.4, -0.2) is 5.97 Å². The molecule has 0 fully saturated rings. The summed E-state index contributed by atoms with van der Waals surface area (Å²) in [6.45, 7) is 8.43. The van der Waals surface area contributed by atoms with Gasteiger partial charge in [-0.25, -0.2) is 4.79 Å². The molecule has 1 aromatic rings. The fourth-order valence-electron chi connectivity index (χ4n) is 2.79. The van der Waals surface area contributed by atoms with Crippen LogP contribution in [0.15, 0.2) is 24.3 Å². The molecule has 1 aliphatic rings. The highest BCUT2D eigenvalue weighted by atomic mass is 16.6. The molecule has 1 aromatic carbocycles. The second-order valence-corrected chi connectivity index (χ2v) is 5.04. The topological polar surface area (TPSA) is 26.3 Å². The number of rotatable bonds is 2. The lowest BCUT2D eigenvalue weighted by Crippen LogP contribution is -2.38. The van der Waals surface area contributed by atoms with Gasteiger partial charge in [0.25, 0.3) is 0 Å². The zero-order valence-electron chi connectivity index (χ0n) is 10.3. The SMILES string of the molecule is CC(C)C1(C(C)C)OC(=O)c2ccccc21. The van der Waals surface area contributed by atoms with Crippen molar-refractivity contribution < 1.29 is 9.53 Å². The molecule has 0 aliphatic carbocycles. The van der Waals surface area contributed by atoms with Crippen molar-refractivity contribution in [2.45, 2.75) is 33.3 Å². The van der Waals surface area contributed by atoms with Crippen LogP contribution < -0.4 is 0 Å². The molecule has 0 aromatic heterocycles. The van der Waals surface area contributed by atoms with E-state index in [1.165, 1.54) is 0 Å². The Morgan fingerprint density at radius 1 is 1.06 bits per heavy atom. The van der Waals surface area contributed by atoms with Gasteiger partial charge in [0, 0.05) is 5.56 Å². The first kappa shape index (κ1) is 11.2. The van der Waals surface area contributed by atoms with Crippen molar-refractivity contribution in [1.29, 1.82) is 0 Å². The Labute approximate surface area is 96.6 Å². The van der Waals surface area contributed by atoms with E-state index in [-0.39, 0.29) is 17.8 Å². The van der Waals surface area contributed by atoms with E-state index in [0.717, 1.165) is 11.1 Å². The van der Waals surface area contributed by atoms with E-state index in [9.17, 15) is 4.79 Å². The van der Waals surface area contributed by atoms with Gasteiger partial charge >= 0.3 is 5.97 Å². The fraction of sp³-hybridized carbons (Fsp3) is 0.500. The van der Waals surface area contributed by atoms with Crippen LogP contribution in [0.4, 0.5) is 0 Å². The molecule has 86 valence electrons. The van der Waals surface area contributed by atoms with Crippen LogP contribution >= 0.6 is 0 Å². The maximum atomic E-state index is 11.9. The molecule has 0 unspecified atom stereocenters. The number of cyclic esters (lactones) is 1. The van der Waals surface area contributed by atoms with Crippen LogP contribution in [0.25, 0.3) is 0 Å². The number of hydrogen-bond acceptors (Lipinski definition) is 2. The van der Waals surface area contributed by atoms with Gasteiger partial charge < -0.3 is 4.74 Å². The molecule has 0 radical (unpaired) electrons. The van der Waals surface area contributed by atoms with E-state index in [2.05, 4.69) is 27.7 Å². The highest BCUT2D eigenvalue weighted by Gasteiger charge is 2.49. The normalized spacial score (nSPS) is 17.8. The Hall–Kier alpha value is -1.31. The summed E-state index contributed by atoms with van der Waals surface area (Å²) in [6.07, 6.45) is 0. The summed E-state index contributed by atoms with van der Waals surface area (Å²) in [6, 6.07) is 7.72. The fourth-order valence-corrected chi connectivity index (χ4v) is 2.79. The standard InChI is InChI=1S/C14H18O2/c1-9(2)14(10(3)4)12-8-6-5-7-11(12)13(15)16-14/h5-10H,1-4H3. The first-order chi connectivity index (χ1) is 7.50. The smallest absolute Gasteiger partial charge is 0.339 e. The molecule has 2 rings (SSSR count). The van der Waals surface area contributed by atoms with E-state index in [1.54, 1.807) is 0 Å². The summed E-state index contributed by atoms with van der Waals surface area (Å²) in [5.74, 6) is 0.373. The molecule has 1 aliphatic heterocycles. The van der Waals surface area contributed by atoms with Crippen molar-refractivity contribution in [1.82, 2.24) is 0 Å². The predicted molar refractivity (Wildman–Crippen MR) is 63.2 cm³/mol. The van der Waals surface area contributed by atoms with Gasteiger partial charge in [0.15, 0.2) is 0 Å². The number of fused-ring (bicyclic) bond motifs is 1. The molecule has 0 amide bonds. The summed E-state index contributed by atoms with van der Waals surface area (Å²) in [5, 5.41) is 0. The van der Waals surface area contributed by atoms with Crippen LogP contribution in [-0.2, 0) is 10.3 Å². The molecular weight excluding hydrogens is 200 g/mol. The quantitative estimate of drug-likeness (QED) is 0.711. The minimum absolute atomic E-state index is 0.182. The highest BCUT2D eigenvalue weighted by Crippen LogP contribution is 2.46. The maximum absolute atomic E-state index is 11.9. The van der Waals surface area contributed by atoms with Gasteiger partial charge in [-0.15, -0.1) is 0 Å². The molecule has 0 saturated carbocycles. The molecule has 16 heavy (non-hydrogen) atoms. The summed E-state index contributed by atoms with van der Waals surface area (Å²) in [4.78, 5) is 11.9. The number of ether oxygens (including phenoxy) is 1. The van der Waals surface area contributed by atoms with E-state index >= 15 is 0 Å². The van der Waals surface area contributed by atoms with Crippen molar-refractivity contribution in [3.05, 3.63) is 35.4 Å². The molecule has 0 spiro atoms. The van der Waals surface area contributed by atoms with Crippen LogP contribution in [0.3, 0.4) is 0 Å². The summed E-state index contributed by atoms with van der Waals surface area (Å²) < 4.78 is 5.70. The van der Waals surface area contributed by atoms with Gasteiger partial charge in [-0.3, -0.25) is 0 Å². The van der Waals surface area contributed by atoms with Gasteiger partial charge in [-0.1, -0.05) is 45.9 Å². The van der Waals surface area contributed by atoms with E-state index in [4.69, 9.17) is 4.74 Å². The Kier molecular flexibility index (Phi) is 2.53. The van der Waals surface area contributed by atoms with E-state index < -0.39 is 5.60 Å². The molecule has 1 heterocycles. The zero-order valence-corrected chi connectivity index (χ0v) is 10.3. The third-order valence-corrected chi connectivity index (χ3v) is 3.54. The number of carbonyl (C=O) groups is 1. The second-order valence-electron chi connectivity index (χ2n) is 5.04. The van der Waals surface area contributed by atoms with Gasteiger partial charge in [0.05, 0.1) is 5.56 Å². The number of esters is 1. The Morgan fingerprint density at radius 3 is 2.19 bits per heavy atom. The van der Waals surface area contributed by atoms with Crippen molar-refractivity contribution in [3.63, 3.8) is 0 Å². The highest BCUT2D eigenvalue weighted by molar-refractivity contribution is 5.94. The van der Waals surface area contributed by atoms with Crippen molar-refractivity contribution in [2.75, 3.05) is 0 Å². The second kappa shape index (κ2) is 3.62. The van der Waals surface area contributed by atoms with Crippen LogP contribution in [0.2, 0.25) is 0 Å². The number of carbonyl (C=O) groups excluding carboxylic acids is 1. The maximum Gasteiger partial charge on any atom is 0.339 e. The van der Waals surface area contributed by atoms with Crippen molar-refractivity contribution in [3.8, 4) is 0 Å². The molecule has 0 bridgehead atoms. The Bertz CT molecular complexity index is 410. The Balaban J connectivity index is 2.64. The average Bonchev–Trinajstić information content (AvgIpc) is 2.54. The average molecular weight is 218 g/mol. The molecule has 2 nitrogen and oxygen atoms in total. The third kappa shape index (κ3) is 1.29. The van der Waals surface area contributed by atoms with Gasteiger partial charge in [-0.2, -0.15) is 0 Å². The number of benzene rings is 1. The largest absolute Gasteiger partial charge is 0.450 e. The lowest BCUT2D eigenvalue weighted by Gasteiger charge is -2.36. The lowest BCUT2D eigenvalue weighted by molar-refractivity contribution is -0.0641. The van der Waals surface area contributed by atoms with Gasteiger partial charge in [0.2, 0.25) is 0 Å². The number of hydrogen-bond donors (Lipinski definition) is 0. The van der Waals surface area contributed by atoms with Crippen LogP contribution in [0, 0.1) is 11.8 Å². The summed E-state index contributed by atoms with van der Waals surface area (Å²) >= 11 is 0. The Morgan fingerprint density at radius 2 is 1.62 bits per heavy atom. The minimum atomic E-state index is -0.451. The molecule has 0 N–H and O–H groups in total. The molecule has 0 saturated heterocycles. The molecular formula is C14H18O2. The first-order valence-electron chi connectivity index (χ1n) is 5.83. The van der Waals surface area contributed by atoms with Crippen molar-refractivity contribution >= 4 is 5.97 Å². The minimum Gasteiger partial charge on any atom is -0.450 e. The lowest BCUT2D eigenvalue weighted by atomic mass is 9.75. The molecule has 0 atom stereocenters. The van der Waals surface area contributed by atoms with E-state index in [1.807, 2.05) is 24.3 Å². The predicted octanol–water partition coefficient (Wildman–Crippen LogP) is 3.36. The van der Waals surface area contributed by atoms with Crippen LogP contribution in [0.1, 0.15) is 43.6 Å². The van der Waals surface area contributed by atoms with E-state index in [0.29, 0.717) is 0 Å².